The molecule has 0 bridgehead atoms. The summed E-state index contributed by atoms with van der Waals surface area (Å²) in [6.45, 7) is 2.57. The van der Waals surface area contributed by atoms with Crippen molar-refractivity contribution >= 4 is 11.9 Å². The van der Waals surface area contributed by atoms with Gasteiger partial charge in [0.05, 0.1) is 13.2 Å². The zero-order chi connectivity index (χ0) is 13.1. The number of ether oxygens (including phenoxy) is 1. The maximum absolute atomic E-state index is 12.3. The van der Waals surface area contributed by atoms with E-state index < -0.39 is 6.09 Å². The van der Waals surface area contributed by atoms with E-state index in [1.54, 1.807) is 0 Å². The number of methoxy groups -OCH3 is 1. The van der Waals surface area contributed by atoms with E-state index in [-0.39, 0.29) is 11.8 Å². The number of aryl methyl sites for hydroxylation is 1. The molecule has 1 atom stereocenters. The number of rotatable bonds is 2. The summed E-state index contributed by atoms with van der Waals surface area (Å²) in [6.07, 6.45) is 1.14. The van der Waals surface area contributed by atoms with Crippen molar-refractivity contribution in [1.82, 2.24) is 4.90 Å². The van der Waals surface area contributed by atoms with Gasteiger partial charge in [-0.3, -0.25) is 9.69 Å². The average Bonchev–Trinajstić information content (AvgIpc) is 2.87. The molecule has 0 saturated carbocycles. The molecule has 96 valence electrons. The molecule has 1 amide bonds. The molecule has 1 aromatic rings. The molecule has 1 aromatic carbocycles. The maximum atomic E-state index is 12.3. The molecule has 0 aliphatic carbocycles. The number of nitrogens with zero attached hydrogens (tertiary/aromatic N) is 1. The largest absolute Gasteiger partial charge is 0.453 e. The number of hydrogen-bond donors (Lipinski definition) is 0. The Hall–Kier alpha value is -1.84. The Labute approximate surface area is 107 Å². The molecule has 0 radical (unpaired) electrons. The third kappa shape index (κ3) is 2.37. The Kier molecular flexibility index (Phi) is 3.65. The lowest BCUT2D eigenvalue weighted by Gasteiger charge is -2.22. The highest BCUT2D eigenvalue weighted by Crippen LogP contribution is 2.22. The molecule has 1 heterocycles. The van der Waals surface area contributed by atoms with Crippen LogP contribution in [0.15, 0.2) is 24.3 Å². The van der Waals surface area contributed by atoms with Crippen LogP contribution in [0, 0.1) is 6.92 Å². The van der Waals surface area contributed by atoms with E-state index in [0.29, 0.717) is 18.5 Å². The van der Waals surface area contributed by atoms with Crippen molar-refractivity contribution in [3.05, 3.63) is 35.4 Å². The summed E-state index contributed by atoms with van der Waals surface area (Å²) in [5.74, 6) is -0.00194. The van der Waals surface area contributed by atoms with Crippen LogP contribution in [-0.2, 0) is 4.74 Å². The maximum Gasteiger partial charge on any atom is 0.410 e. The van der Waals surface area contributed by atoms with Gasteiger partial charge in [0, 0.05) is 12.1 Å². The fraction of sp³-hybridized carbons (Fsp3) is 0.429. The summed E-state index contributed by atoms with van der Waals surface area (Å²) in [4.78, 5) is 25.4. The molecule has 1 fully saturated rings. The van der Waals surface area contributed by atoms with E-state index in [4.69, 9.17) is 4.74 Å². The molecule has 4 heteroatoms. The van der Waals surface area contributed by atoms with Gasteiger partial charge < -0.3 is 4.74 Å². The van der Waals surface area contributed by atoms with Crippen LogP contribution in [0.1, 0.15) is 28.8 Å². The highest BCUT2D eigenvalue weighted by atomic mass is 16.5. The second-order valence-corrected chi connectivity index (χ2v) is 4.55. The Morgan fingerprint density at radius 1 is 1.28 bits per heavy atom. The fourth-order valence-electron chi connectivity index (χ4n) is 2.29. The summed E-state index contributed by atoms with van der Waals surface area (Å²) in [5.41, 5.74) is 1.77. The normalized spacial score (nSPS) is 18.8. The average molecular weight is 247 g/mol. The standard InChI is InChI=1S/C14H17NO3/c1-10-5-7-11(8-6-10)13(16)12-4-3-9-15(12)14(17)18-2/h5-8,12H,3-4,9H2,1-2H3. The molecular formula is C14H17NO3. The van der Waals surface area contributed by atoms with Gasteiger partial charge in [-0.2, -0.15) is 0 Å². The molecule has 4 nitrogen and oxygen atoms in total. The molecule has 1 aliphatic heterocycles. The summed E-state index contributed by atoms with van der Waals surface area (Å²) in [5, 5.41) is 0. The first-order chi connectivity index (χ1) is 8.63. The number of benzene rings is 1. The zero-order valence-corrected chi connectivity index (χ0v) is 10.7. The summed E-state index contributed by atoms with van der Waals surface area (Å²) >= 11 is 0. The molecule has 0 N–H and O–H groups in total. The number of Topliss-reactive ketones (excluding diaryl/α,β-unsaturated/α-hetero) is 1. The first kappa shape index (κ1) is 12.6. The van der Waals surface area contributed by atoms with Crippen LogP contribution in [0.4, 0.5) is 4.79 Å². The van der Waals surface area contributed by atoms with Gasteiger partial charge in [-0.1, -0.05) is 29.8 Å². The van der Waals surface area contributed by atoms with E-state index in [0.717, 1.165) is 12.0 Å². The number of carbonyl (C=O) groups is 2. The highest BCUT2D eigenvalue weighted by molar-refractivity contribution is 6.01. The van der Waals surface area contributed by atoms with Crippen LogP contribution < -0.4 is 0 Å². The highest BCUT2D eigenvalue weighted by Gasteiger charge is 2.34. The molecule has 1 saturated heterocycles. The number of hydrogen-bond acceptors (Lipinski definition) is 3. The Morgan fingerprint density at radius 3 is 2.56 bits per heavy atom. The predicted octanol–water partition coefficient (Wildman–Crippen LogP) is 2.41. The third-order valence-corrected chi connectivity index (χ3v) is 3.30. The molecular weight excluding hydrogens is 230 g/mol. The van der Waals surface area contributed by atoms with Gasteiger partial charge in [0.25, 0.3) is 0 Å². The fourth-order valence-corrected chi connectivity index (χ4v) is 2.29. The summed E-state index contributed by atoms with van der Waals surface area (Å²) < 4.78 is 4.70. The Morgan fingerprint density at radius 2 is 1.94 bits per heavy atom. The minimum absolute atomic E-state index is 0.00194. The summed E-state index contributed by atoms with van der Waals surface area (Å²) in [7, 11) is 1.34. The molecule has 18 heavy (non-hydrogen) atoms. The molecule has 1 aliphatic rings. The third-order valence-electron chi connectivity index (χ3n) is 3.30. The molecule has 0 spiro atoms. The van der Waals surface area contributed by atoms with E-state index in [2.05, 4.69) is 0 Å². The van der Waals surface area contributed by atoms with Gasteiger partial charge in [-0.05, 0) is 19.8 Å². The van der Waals surface area contributed by atoms with Gasteiger partial charge in [0.2, 0.25) is 0 Å². The van der Waals surface area contributed by atoms with Gasteiger partial charge in [-0.25, -0.2) is 4.79 Å². The van der Waals surface area contributed by atoms with Crippen molar-refractivity contribution in [1.29, 1.82) is 0 Å². The molecule has 0 aromatic heterocycles. The molecule has 2 rings (SSSR count). The van der Waals surface area contributed by atoms with Crippen LogP contribution in [0.5, 0.6) is 0 Å². The second-order valence-electron chi connectivity index (χ2n) is 4.55. The number of likely N-dealkylation sites (tertiary alicyclic amines) is 1. The van der Waals surface area contributed by atoms with Crippen LogP contribution >= 0.6 is 0 Å². The van der Waals surface area contributed by atoms with E-state index in [9.17, 15) is 9.59 Å². The first-order valence-corrected chi connectivity index (χ1v) is 6.09. The Bertz CT molecular complexity index is 453. The monoisotopic (exact) mass is 247 g/mol. The van der Waals surface area contributed by atoms with Crippen LogP contribution in [0.2, 0.25) is 0 Å². The lowest BCUT2D eigenvalue weighted by atomic mass is 10.0. The minimum Gasteiger partial charge on any atom is -0.453 e. The minimum atomic E-state index is -0.419. The summed E-state index contributed by atoms with van der Waals surface area (Å²) in [6, 6.07) is 7.06. The van der Waals surface area contributed by atoms with Gasteiger partial charge in [-0.15, -0.1) is 0 Å². The predicted molar refractivity (Wildman–Crippen MR) is 67.6 cm³/mol. The van der Waals surface area contributed by atoms with Crippen molar-refractivity contribution in [3.63, 3.8) is 0 Å². The van der Waals surface area contributed by atoms with Crippen molar-refractivity contribution in [2.24, 2.45) is 0 Å². The van der Waals surface area contributed by atoms with Crippen molar-refractivity contribution in [3.8, 4) is 0 Å². The number of carbonyl (C=O) groups excluding carboxylic acids is 2. The quantitative estimate of drug-likeness (QED) is 0.754. The van der Waals surface area contributed by atoms with Crippen molar-refractivity contribution in [2.75, 3.05) is 13.7 Å². The van der Waals surface area contributed by atoms with Crippen LogP contribution in [0.25, 0.3) is 0 Å². The lowest BCUT2D eigenvalue weighted by Crippen LogP contribution is -2.40. The van der Waals surface area contributed by atoms with E-state index in [1.165, 1.54) is 12.0 Å². The smallest absolute Gasteiger partial charge is 0.410 e. The zero-order valence-electron chi connectivity index (χ0n) is 10.7. The second kappa shape index (κ2) is 5.21. The van der Waals surface area contributed by atoms with E-state index >= 15 is 0 Å². The first-order valence-electron chi connectivity index (χ1n) is 6.09. The number of amides is 1. The van der Waals surface area contributed by atoms with Crippen molar-refractivity contribution < 1.29 is 14.3 Å². The van der Waals surface area contributed by atoms with Gasteiger partial charge in [0.15, 0.2) is 5.78 Å². The lowest BCUT2D eigenvalue weighted by molar-refractivity contribution is 0.0814. The van der Waals surface area contributed by atoms with Crippen LogP contribution in [-0.4, -0.2) is 36.5 Å². The van der Waals surface area contributed by atoms with Crippen LogP contribution in [0.3, 0.4) is 0 Å². The van der Waals surface area contributed by atoms with Gasteiger partial charge >= 0.3 is 6.09 Å². The SMILES string of the molecule is COC(=O)N1CCCC1C(=O)c1ccc(C)cc1. The number of ketones is 1. The molecule has 1 unspecified atom stereocenters. The topological polar surface area (TPSA) is 46.6 Å². The van der Waals surface area contributed by atoms with Gasteiger partial charge in [0.1, 0.15) is 0 Å². The van der Waals surface area contributed by atoms with Crippen molar-refractivity contribution in [2.45, 2.75) is 25.8 Å². The van der Waals surface area contributed by atoms with E-state index in [1.807, 2.05) is 31.2 Å². The Balaban J connectivity index is 2.17.